The van der Waals surface area contributed by atoms with Gasteiger partial charge in [0.25, 0.3) is 0 Å². The molecule has 1 fully saturated rings. The highest BCUT2D eigenvalue weighted by Crippen LogP contribution is 2.47. The Labute approximate surface area is 117 Å². The van der Waals surface area contributed by atoms with E-state index in [4.69, 9.17) is 5.10 Å². The molecular weight excluding hydrogens is 254 g/mol. The number of rotatable bonds is 2. The van der Waals surface area contributed by atoms with Crippen molar-refractivity contribution in [2.24, 2.45) is 5.92 Å². The molecule has 2 aromatic rings. The molecule has 2 aromatic heterocycles. The van der Waals surface area contributed by atoms with Gasteiger partial charge in [-0.3, -0.25) is 0 Å². The molecule has 3 heterocycles. The molecule has 3 atom stereocenters. The third-order valence-electron chi connectivity index (χ3n) is 4.47. The van der Waals surface area contributed by atoms with E-state index in [-0.39, 0.29) is 0 Å². The Bertz CT molecular complexity index is 613. The summed E-state index contributed by atoms with van der Waals surface area (Å²) in [5.41, 5.74) is 2.69. The minimum atomic E-state index is 0.430. The van der Waals surface area contributed by atoms with Crippen molar-refractivity contribution in [3.8, 4) is 0 Å². The lowest BCUT2D eigenvalue weighted by Crippen LogP contribution is -2.24. The van der Waals surface area contributed by atoms with Gasteiger partial charge >= 0.3 is 0 Å². The minimum Gasteiger partial charge on any atom is -0.370 e. The SMILES string of the molecule is Cc1ccsc1C1CCNc2cc(C3CC3C)nn21. The van der Waals surface area contributed by atoms with Crippen LogP contribution in [0.25, 0.3) is 0 Å². The highest BCUT2D eigenvalue weighted by Gasteiger charge is 2.37. The lowest BCUT2D eigenvalue weighted by atomic mass is 10.1. The van der Waals surface area contributed by atoms with Crippen molar-refractivity contribution < 1.29 is 0 Å². The van der Waals surface area contributed by atoms with Crippen LogP contribution in [0.2, 0.25) is 0 Å². The molecule has 19 heavy (non-hydrogen) atoms. The van der Waals surface area contributed by atoms with E-state index in [0.717, 1.165) is 18.9 Å². The summed E-state index contributed by atoms with van der Waals surface area (Å²) in [4.78, 5) is 1.47. The van der Waals surface area contributed by atoms with E-state index in [1.54, 1.807) is 0 Å². The number of aryl methyl sites for hydroxylation is 1. The largest absolute Gasteiger partial charge is 0.370 e. The quantitative estimate of drug-likeness (QED) is 0.902. The fraction of sp³-hybridized carbons (Fsp3) is 0.533. The van der Waals surface area contributed by atoms with Crippen molar-refractivity contribution in [3.05, 3.63) is 33.6 Å². The standard InChI is InChI=1S/C15H19N3S/c1-9-4-6-19-15(9)13-3-5-16-14-8-12(17-18(13)14)11-7-10(11)2/h4,6,8,10-11,13,16H,3,5,7H2,1-2H3. The number of aromatic nitrogens is 2. The van der Waals surface area contributed by atoms with E-state index in [1.165, 1.54) is 28.4 Å². The molecule has 0 bridgehead atoms. The topological polar surface area (TPSA) is 29.9 Å². The molecule has 4 heteroatoms. The summed E-state index contributed by atoms with van der Waals surface area (Å²) in [6.45, 7) is 5.58. The average molecular weight is 273 g/mol. The molecule has 3 unspecified atom stereocenters. The minimum absolute atomic E-state index is 0.430. The average Bonchev–Trinajstić information content (AvgIpc) is 2.83. The molecule has 3 nitrogen and oxygen atoms in total. The third kappa shape index (κ3) is 1.81. The summed E-state index contributed by atoms with van der Waals surface area (Å²) in [6, 6.07) is 4.91. The molecular formula is C15H19N3S. The smallest absolute Gasteiger partial charge is 0.125 e. The highest BCUT2D eigenvalue weighted by atomic mass is 32.1. The fourth-order valence-electron chi connectivity index (χ4n) is 3.13. The molecule has 1 saturated carbocycles. The molecule has 4 rings (SSSR count). The lowest BCUT2D eigenvalue weighted by molar-refractivity contribution is 0.483. The summed E-state index contributed by atoms with van der Waals surface area (Å²) in [5.74, 6) is 2.72. The summed E-state index contributed by atoms with van der Waals surface area (Å²) in [6.07, 6.45) is 2.44. The molecule has 1 aliphatic carbocycles. The highest BCUT2D eigenvalue weighted by molar-refractivity contribution is 7.10. The maximum absolute atomic E-state index is 4.90. The first-order chi connectivity index (χ1) is 9.24. The van der Waals surface area contributed by atoms with Gasteiger partial charge in [-0.05, 0) is 42.7 Å². The second kappa shape index (κ2) is 4.10. The summed E-state index contributed by atoms with van der Waals surface area (Å²) < 4.78 is 2.22. The predicted octanol–water partition coefficient (Wildman–Crippen LogP) is 3.78. The molecule has 1 N–H and O–H groups in total. The van der Waals surface area contributed by atoms with Crippen LogP contribution in [0.15, 0.2) is 17.5 Å². The van der Waals surface area contributed by atoms with Crippen LogP contribution in [0.1, 0.15) is 47.9 Å². The Balaban J connectivity index is 1.74. The van der Waals surface area contributed by atoms with Crippen LogP contribution in [0.4, 0.5) is 5.82 Å². The van der Waals surface area contributed by atoms with Crippen molar-refractivity contribution in [2.45, 2.75) is 38.6 Å². The van der Waals surface area contributed by atoms with Gasteiger partial charge in [0.15, 0.2) is 0 Å². The Hall–Kier alpha value is -1.29. The van der Waals surface area contributed by atoms with Crippen LogP contribution in [0.3, 0.4) is 0 Å². The second-order valence-electron chi connectivity index (χ2n) is 5.92. The number of hydrogen-bond donors (Lipinski definition) is 1. The van der Waals surface area contributed by atoms with Gasteiger partial charge in [-0.1, -0.05) is 6.92 Å². The van der Waals surface area contributed by atoms with Gasteiger partial charge in [0, 0.05) is 23.4 Å². The zero-order valence-electron chi connectivity index (χ0n) is 11.4. The van der Waals surface area contributed by atoms with E-state index in [1.807, 2.05) is 11.3 Å². The van der Waals surface area contributed by atoms with Crippen LogP contribution in [0, 0.1) is 12.8 Å². The third-order valence-corrected chi connectivity index (χ3v) is 5.59. The van der Waals surface area contributed by atoms with Crippen molar-refractivity contribution in [3.63, 3.8) is 0 Å². The fourth-order valence-corrected chi connectivity index (χ4v) is 4.17. The first-order valence-corrected chi connectivity index (χ1v) is 7.99. The van der Waals surface area contributed by atoms with Gasteiger partial charge in [0.2, 0.25) is 0 Å². The van der Waals surface area contributed by atoms with Gasteiger partial charge < -0.3 is 5.32 Å². The number of thiophene rings is 1. The Morgan fingerprint density at radius 3 is 3.00 bits per heavy atom. The molecule has 0 saturated heterocycles. The van der Waals surface area contributed by atoms with Crippen LogP contribution in [0.5, 0.6) is 0 Å². The molecule has 1 aliphatic heterocycles. The van der Waals surface area contributed by atoms with Crippen LogP contribution < -0.4 is 5.32 Å². The second-order valence-corrected chi connectivity index (χ2v) is 6.87. The Morgan fingerprint density at radius 2 is 2.32 bits per heavy atom. The summed E-state index contributed by atoms with van der Waals surface area (Å²) >= 11 is 1.86. The van der Waals surface area contributed by atoms with Crippen molar-refractivity contribution in [2.75, 3.05) is 11.9 Å². The van der Waals surface area contributed by atoms with Gasteiger partial charge in [-0.15, -0.1) is 11.3 Å². The normalized spacial score (nSPS) is 28.8. The molecule has 0 spiro atoms. The lowest BCUT2D eigenvalue weighted by Gasteiger charge is -2.25. The molecule has 0 aromatic carbocycles. The van der Waals surface area contributed by atoms with Crippen LogP contribution in [-0.2, 0) is 0 Å². The van der Waals surface area contributed by atoms with E-state index < -0.39 is 0 Å². The molecule has 2 aliphatic rings. The first kappa shape index (κ1) is 11.5. The van der Waals surface area contributed by atoms with Gasteiger partial charge in [-0.2, -0.15) is 5.10 Å². The van der Waals surface area contributed by atoms with E-state index >= 15 is 0 Å². The van der Waals surface area contributed by atoms with Crippen molar-refractivity contribution in [1.29, 1.82) is 0 Å². The number of hydrogen-bond acceptors (Lipinski definition) is 3. The summed E-state index contributed by atoms with van der Waals surface area (Å²) in [5, 5.41) is 10.6. The van der Waals surface area contributed by atoms with E-state index in [2.05, 4.69) is 41.4 Å². The van der Waals surface area contributed by atoms with Crippen LogP contribution in [-0.4, -0.2) is 16.3 Å². The Morgan fingerprint density at radius 1 is 1.47 bits per heavy atom. The zero-order chi connectivity index (χ0) is 13.0. The Kier molecular flexibility index (Phi) is 2.49. The maximum Gasteiger partial charge on any atom is 0.125 e. The summed E-state index contributed by atoms with van der Waals surface area (Å²) in [7, 11) is 0. The molecule has 0 radical (unpaired) electrons. The molecule has 0 amide bonds. The zero-order valence-corrected chi connectivity index (χ0v) is 12.2. The number of anilines is 1. The van der Waals surface area contributed by atoms with Gasteiger partial charge in [0.05, 0.1) is 11.7 Å². The van der Waals surface area contributed by atoms with E-state index in [0.29, 0.717) is 12.0 Å². The van der Waals surface area contributed by atoms with Gasteiger partial charge in [0.1, 0.15) is 5.82 Å². The van der Waals surface area contributed by atoms with Crippen molar-refractivity contribution in [1.82, 2.24) is 9.78 Å². The predicted molar refractivity (Wildman–Crippen MR) is 79.1 cm³/mol. The maximum atomic E-state index is 4.90. The van der Waals surface area contributed by atoms with Crippen molar-refractivity contribution >= 4 is 17.2 Å². The monoisotopic (exact) mass is 273 g/mol. The van der Waals surface area contributed by atoms with Crippen LogP contribution >= 0.6 is 11.3 Å². The number of nitrogens with one attached hydrogen (secondary N) is 1. The first-order valence-electron chi connectivity index (χ1n) is 7.11. The molecule has 100 valence electrons. The van der Waals surface area contributed by atoms with E-state index in [9.17, 15) is 0 Å². The number of nitrogens with zero attached hydrogens (tertiary/aromatic N) is 2. The van der Waals surface area contributed by atoms with Gasteiger partial charge in [-0.25, -0.2) is 4.68 Å². The number of fused-ring (bicyclic) bond motifs is 1.